The van der Waals surface area contributed by atoms with Crippen molar-refractivity contribution < 1.29 is 4.79 Å². The predicted octanol–water partition coefficient (Wildman–Crippen LogP) is 3.01. The molecule has 0 heterocycles. The third-order valence-corrected chi connectivity index (χ3v) is 3.68. The lowest BCUT2D eigenvalue weighted by Crippen LogP contribution is -2.32. The number of rotatable bonds is 9. The van der Waals surface area contributed by atoms with Crippen LogP contribution in [0.2, 0.25) is 0 Å². The third-order valence-electron chi connectivity index (χ3n) is 2.67. The van der Waals surface area contributed by atoms with E-state index in [9.17, 15) is 4.79 Å². The average Bonchev–Trinajstić information content (AvgIpc) is 2.41. The highest BCUT2D eigenvalue weighted by atomic mass is 35.5. The van der Waals surface area contributed by atoms with E-state index in [-0.39, 0.29) is 18.3 Å². The van der Waals surface area contributed by atoms with Gasteiger partial charge < -0.3 is 10.6 Å². The van der Waals surface area contributed by atoms with Crippen LogP contribution in [0, 0.1) is 6.92 Å². The summed E-state index contributed by atoms with van der Waals surface area (Å²) in [4.78, 5) is 12.8. The zero-order valence-corrected chi connectivity index (χ0v) is 13.9. The first-order valence-electron chi connectivity index (χ1n) is 6.89. The Bertz CT molecular complexity index is 371. The summed E-state index contributed by atoms with van der Waals surface area (Å²) in [5.74, 6) is 0.968. The Morgan fingerprint density at radius 2 is 1.85 bits per heavy atom. The number of thioether (sulfide) groups is 1. The lowest BCUT2D eigenvalue weighted by atomic mass is 10.2. The van der Waals surface area contributed by atoms with Crippen molar-refractivity contribution in [3.05, 3.63) is 29.8 Å². The Balaban J connectivity index is 0.00000361. The molecule has 0 unspecified atom stereocenters. The second-order valence-corrected chi connectivity index (χ2v) is 5.68. The summed E-state index contributed by atoms with van der Waals surface area (Å²) >= 11 is 1.73. The Morgan fingerprint density at radius 1 is 1.15 bits per heavy atom. The van der Waals surface area contributed by atoms with E-state index in [1.807, 2.05) is 0 Å². The lowest BCUT2D eigenvalue weighted by molar-refractivity contribution is -0.120. The topological polar surface area (TPSA) is 41.1 Å². The van der Waals surface area contributed by atoms with E-state index in [0.29, 0.717) is 13.0 Å². The third kappa shape index (κ3) is 9.23. The van der Waals surface area contributed by atoms with Gasteiger partial charge >= 0.3 is 0 Å². The van der Waals surface area contributed by atoms with Gasteiger partial charge in [-0.3, -0.25) is 4.79 Å². The van der Waals surface area contributed by atoms with Crippen LogP contribution in [0.15, 0.2) is 29.2 Å². The zero-order valence-electron chi connectivity index (χ0n) is 12.3. The molecule has 0 spiro atoms. The van der Waals surface area contributed by atoms with Crippen molar-refractivity contribution in [3.8, 4) is 0 Å². The average molecular weight is 317 g/mol. The smallest absolute Gasteiger partial charge is 0.220 e. The molecule has 1 rings (SSSR count). The second-order valence-electron chi connectivity index (χ2n) is 4.51. The molecule has 0 aliphatic rings. The van der Waals surface area contributed by atoms with Crippen LogP contribution in [0.3, 0.4) is 0 Å². The van der Waals surface area contributed by atoms with Crippen LogP contribution in [0.25, 0.3) is 0 Å². The van der Waals surface area contributed by atoms with E-state index < -0.39 is 0 Å². The van der Waals surface area contributed by atoms with E-state index in [4.69, 9.17) is 0 Å². The number of benzene rings is 1. The Labute approximate surface area is 132 Å². The first-order chi connectivity index (χ1) is 9.22. The fourth-order valence-corrected chi connectivity index (χ4v) is 2.43. The number of aryl methyl sites for hydroxylation is 1. The van der Waals surface area contributed by atoms with Crippen LogP contribution in [0.1, 0.15) is 25.3 Å². The zero-order chi connectivity index (χ0) is 13.9. The normalized spacial score (nSPS) is 9.90. The minimum Gasteiger partial charge on any atom is -0.355 e. The van der Waals surface area contributed by atoms with Crippen LogP contribution in [0.4, 0.5) is 0 Å². The van der Waals surface area contributed by atoms with Gasteiger partial charge in [0.1, 0.15) is 0 Å². The Morgan fingerprint density at radius 3 is 2.50 bits per heavy atom. The molecule has 0 radical (unpaired) electrons. The summed E-state index contributed by atoms with van der Waals surface area (Å²) in [5.41, 5.74) is 1.27. The summed E-state index contributed by atoms with van der Waals surface area (Å²) in [6.45, 7) is 6.79. The molecule has 1 amide bonds. The van der Waals surface area contributed by atoms with Crippen molar-refractivity contribution in [1.82, 2.24) is 10.6 Å². The van der Waals surface area contributed by atoms with E-state index in [1.165, 1.54) is 10.5 Å². The molecule has 1 aromatic rings. The number of amides is 1. The van der Waals surface area contributed by atoms with Crippen LogP contribution in [0.5, 0.6) is 0 Å². The molecule has 114 valence electrons. The molecular formula is C15H25ClN2OS. The van der Waals surface area contributed by atoms with E-state index in [2.05, 4.69) is 48.7 Å². The van der Waals surface area contributed by atoms with Crippen molar-refractivity contribution in [2.75, 3.05) is 25.4 Å². The van der Waals surface area contributed by atoms with Gasteiger partial charge in [0.2, 0.25) is 5.91 Å². The highest BCUT2D eigenvalue weighted by Crippen LogP contribution is 2.18. The molecule has 3 nitrogen and oxygen atoms in total. The molecule has 0 aliphatic carbocycles. The molecule has 0 saturated heterocycles. The van der Waals surface area contributed by atoms with Crippen LogP contribution >= 0.6 is 24.2 Å². The Hall–Kier alpha value is -0.710. The van der Waals surface area contributed by atoms with Crippen molar-refractivity contribution in [1.29, 1.82) is 0 Å². The number of hydrogen-bond donors (Lipinski definition) is 2. The van der Waals surface area contributed by atoms with Gasteiger partial charge in [-0.2, -0.15) is 0 Å². The van der Waals surface area contributed by atoms with E-state index in [1.54, 1.807) is 11.8 Å². The molecule has 0 aromatic heterocycles. The monoisotopic (exact) mass is 316 g/mol. The maximum absolute atomic E-state index is 11.6. The van der Waals surface area contributed by atoms with Gasteiger partial charge in [0.15, 0.2) is 0 Å². The molecule has 1 aromatic carbocycles. The van der Waals surface area contributed by atoms with Crippen LogP contribution in [-0.4, -0.2) is 31.3 Å². The van der Waals surface area contributed by atoms with Gasteiger partial charge in [0.25, 0.3) is 0 Å². The molecule has 0 atom stereocenters. The number of halogens is 1. The van der Waals surface area contributed by atoms with Gasteiger partial charge in [-0.15, -0.1) is 24.2 Å². The SMILES string of the molecule is CCCNCCNC(=O)CCSc1ccc(C)cc1.Cl. The second kappa shape index (κ2) is 12.1. The summed E-state index contributed by atoms with van der Waals surface area (Å²) in [6, 6.07) is 8.41. The van der Waals surface area contributed by atoms with Crippen molar-refractivity contribution >= 4 is 30.1 Å². The molecule has 2 N–H and O–H groups in total. The number of hydrogen-bond acceptors (Lipinski definition) is 3. The largest absolute Gasteiger partial charge is 0.355 e. The quantitative estimate of drug-likeness (QED) is 0.543. The summed E-state index contributed by atoms with van der Waals surface area (Å²) in [7, 11) is 0. The molecule has 0 aliphatic heterocycles. The molecule has 5 heteroatoms. The number of carbonyl (C=O) groups is 1. The van der Waals surface area contributed by atoms with Gasteiger partial charge in [0.05, 0.1) is 0 Å². The number of nitrogens with one attached hydrogen (secondary N) is 2. The standard InChI is InChI=1S/C15H24N2OS.ClH/c1-3-9-16-10-11-17-15(18)8-12-19-14-6-4-13(2)5-7-14;/h4-7,16H,3,8-12H2,1-2H3,(H,17,18);1H. The number of carbonyl (C=O) groups excluding carboxylic acids is 1. The minimum atomic E-state index is 0. The maximum Gasteiger partial charge on any atom is 0.220 e. The molecular weight excluding hydrogens is 292 g/mol. The highest BCUT2D eigenvalue weighted by Gasteiger charge is 2.01. The van der Waals surface area contributed by atoms with Crippen molar-refractivity contribution in [2.24, 2.45) is 0 Å². The fourth-order valence-electron chi connectivity index (χ4n) is 1.58. The fraction of sp³-hybridized carbons (Fsp3) is 0.533. The Kier molecular flexibility index (Phi) is 11.6. The summed E-state index contributed by atoms with van der Waals surface area (Å²) < 4.78 is 0. The maximum atomic E-state index is 11.6. The van der Waals surface area contributed by atoms with E-state index >= 15 is 0 Å². The van der Waals surface area contributed by atoms with E-state index in [0.717, 1.165) is 25.3 Å². The summed E-state index contributed by atoms with van der Waals surface area (Å²) in [5, 5.41) is 6.18. The van der Waals surface area contributed by atoms with Gasteiger partial charge in [-0.05, 0) is 32.0 Å². The molecule has 0 bridgehead atoms. The molecule has 20 heavy (non-hydrogen) atoms. The summed E-state index contributed by atoms with van der Waals surface area (Å²) in [6.07, 6.45) is 1.70. The van der Waals surface area contributed by atoms with Crippen molar-refractivity contribution in [2.45, 2.75) is 31.6 Å². The minimum absolute atomic E-state index is 0. The van der Waals surface area contributed by atoms with Gasteiger partial charge in [0, 0.05) is 30.2 Å². The first kappa shape index (κ1) is 19.3. The lowest BCUT2D eigenvalue weighted by Gasteiger charge is -2.06. The van der Waals surface area contributed by atoms with Gasteiger partial charge in [-0.25, -0.2) is 0 Å². The van der Waals surface area contributed by atoms with Crippen LogP contribution in [-0.2, 0) is 4.79 Å². The van der Waals surface area contributed by atoms with Crippen molar-refractivity contribution in [3.63, 3.8) is 0 Å². The first-order valence-corrected chi connectivity index (χ1v) is 7.88. The van der Waals surface area contributed by atoms with Crippen LogP contribution < -0.4 is 10.6 Å². The highest BCUT2D eigenvalue weighted by molar-refractivity contribution is 7.99. The molecule has 0 fully saturated rings. The predicted molar refractivity (Wildman–Crippen MR) is 89.9 cm³/mol. The molecule has 0 saturated carbocycles. The van der Waals surface area contributed by atoms with Gasteiger partial charge in [-0.1, -0.05) is 24.6 Å².